The lowest BCUT2D eigenvalue weighted by molar-refractivity contribution is -0.159. The fraction of sp³-hybridized carbons (Fsp3) is 0.643. The molecule has 3 heterocycles. The molecule has 0 radical (unpaired) electrons. The van der Waals surface area contributed by atoms with Crippen molar-refractivity contribution in [1.82, 2.24) is 14.8 Å². The number of carbonyl (C=O) groups is 2. The molecule has 0 N–H and O–H groups in total. The third-order valence-electron chi connectivity index (χ3n) is 4.20. The van der Waals surface area contributed by atoms with Gasteiger partial charge in [0.2, 0.25) is 11.8 Å². The van der Waals surface area contributed by atoms with Gasteiger partial charge >= 0.3 is 0 Å². The topological polar surface area (TPSA) is 53.5 Å². The van der Waals surface area contributed by atoms with Crippen LogP contribution in [0.2, 0.25) is 0 Å². The fourth-order valence-electron chi connectivity index (χ4n) is 3.21. The van der Waals surface area contributed by atoms with Crippen molar-refractivity contribution < 1.29 is 9.59 Å². The highest BCUT2D eigenvalue weighted by Gasteiger charge is 2.46. The van der Waals surface area contributed by atoms with E-state index in [0.29, 0.717) is 13.0 Å². The Morgan fingerprint density at radius 3 is 2.95 bits per heavy atom. The molecule has 0 aromatic carbocycles. The lowest BCUT2D eigenvalue weighted by Crippen LogP contribution is -2.62. The SMILES string of the molecule is CCC1C(=O)N2CCCC2C(=O)N1CCc1nccs1. The maximum atomic E-state index is 12.6. The highest BCUT2D eigenvalue weighted by Crippen LogP contribution is 2.28. The Balaban J connectivity index is 1.76. The van der Waals surface area contributed by atoms with Crippen LogP contribution >= 0.6 is 11.3 Å². The van der Waals surface area contributed by atoms with E-state index in [-0.39, 0.29) is 23.9 Å². The van der Waals surface area contributed by atoms with Crippen molar-refractivity contribution in [2.24, 2.45) is 0 Å². The summed E-state index contributed by atoms with van der Waals surface area (Å²) in [4.78, 5) is 32.9. The Kier molecular flexibility index (Phi) is 3.74. The molecule has 5 nitrogen and oxygen atoms in total. The minimum Gasteiger partial charge on any atom is -0.329 e. The second kappa shape index (κ2) is 5.52. The Morgan fingerprint density at radius 2 is 2.25 bits per heavy atom. The second-order valence-corrected chi connectivity index (χ2v) is 6.30. The van der Waals surface area contributed by atoms with Gasteiger partial charge in [-0.15, -0.1) is 11.3 Å². The molecular weight excluding hydrogens is 274 g/mol. The second-order valence-electron chi connectivity index (χ2n) is 5.32. The van der Waals surface area contributed by atoms with Gasteiger partial charge in [0.15, 0.2) is 0 Å². The first-order valence-corrected chi connectivity index (χ1v) is 8.09. The molecule has 2 saturated heterocycles. The van der Waals surface area contributed by atoms with Crippen LogP contribution in [0.1, 0.15) is 31.2 Å². The number of piperazine rings is 1. The number of thiazole rings is 1. The first-order chi connectivity index (χ1) is 9.72. The van der Waals surface area contributed by atoms with Gasteiger partial charge in [0, 0.05) is 31.1 Å². The van der Waals surface area contributed by atoms with Crippen LogP contribution in [0, 0.1) is 0 Å². The number of hydrogen-bond donors (Lipinski definition) is 0. The van der Waals surface area contributed by atoms with E-state index < -0.39 is 0 Å². The van der Waals surface area contributed by atoms with Crippen molar-refractivity contribution in [3.8, 4) is 0 Å². The average molecular weight is 293 g/mol. The molecule has 2 aliphatic heterocycles. The predicted molar refractivity (Wildman–Crippen MR) is 76.3 cm³/mol. The van der Waals surface area contributed by atoms with Crippen LogP contribution in [0.4, 0.5) is 0 Å². The van der Waals surface area contributed by atoms with Crippen molar-refractivity contribution in [3.05, 3.63) is 16.6 Å². The molecule has 2 unspecified atom stereocenters. The number of amides is 2. The van der Waals surface area contributed by atoms with E-state index in [9.17, 15) is 9.59 Å². The normalized spacial score (nSPS) is 26.2. The molecule has 20 heavy (non-hydrogen) atoms. The van der Waals surface area contributed by atoms with Gasteiger partial charge in [-0.25, -0.2) is 4.98 Å². The zero-order valence-electron chi connectivity index (χ0n) is 11.6. The summed E-state index contributed by atoms with van der Waals surface area (Å²) >= 11 is 1.60. The fourth-order valence-corrected chi connectivity index (χ4v) is 3.82. The molecular formula is C14H19N3O2S. The molecule has 3 rings (SSSR count). The minimum atomic E-state index is -0.281. The number of carbonyl (C=O) groups excluding carboxylic acids is 2. The van der Waals surface area contributed by atoms with Gasteiger partial charge in [-0.05, 0) is 19.3 Å². The first kappa shape index (κ1) is 13.5. The lowest BCUT2D eigenvalue weighted by Gasteiger charge is -2.42. The Hall–Kier alpha value is -1.43. The lowest BCUT2D eigenvalue weighted by atomic mass is 10.0. The number of hydrogen-bond acceptors (Lipinski definition) is 4. The van der Waals surface area contributed by atoms with Crippen LogP contribution in [0.5, 0.6) is 0 Å². The molecule has 2 atom stereocenters. The summed E-state index contributed by atoms with van der Waals surface area (Å²) in [6, 6.07) is -0.488. The van der Waals surface area contributed by atoms with Gasteiger partial charge in [-0.3, -0.25) is 9.59 Å². The molecule has 0 saturated carbocycles. The van der Waals surface area contributed by atoms with E-state index >= 15 is 0 Å². The maximum absolute atomic E-state index is 12.6. The van der Waals surface area contributed by atoms with Crippen LogP contribution in [0.15, 0.2) is 11.6 Å². The third-order valence-corrected chi connectivity index (χ3v) is 5.04. The quantitative estimate of drug-likeness (QED) is 0.841. The molecule has 1 aromatic heterocycles. The van der Waals surface area contributed by atoms with Crippen molar-refractivity contribution in [2.75, 3.05) is 13.1 Å². The zero-order chi connectivity index (χ0) is 14.1. The monoisotopic (exact) mass is 293 g/mol. The summed E-state index contributed by atoms with van der Waals surface area (Å²) in [7, 11) is 0. The minimum absolute atomic E-state index is 0.130. The van der Waals surface area contributed by atoms with Crippen molar-refractivity contribution in [2.45, 2.75) is 44.7 Å². The molecule has 6 heteroatoms. The molecule has 1 aromatic rings. The number of nitrogens with zero attached hydrogens (tertiary/aromatic N) is 3. The molecule has 2 amide bonds. The van der Waals surface area contributed by atoms with Gasteiger partial charge in [-0.2, -0.15) is 0 Å². The summed E-state index contributed by atoms with van der Waals surface area (Å²) < 4.78 is 0. The van der Waals surface area contributed by atoms with Gasteiger partial charge in [-0.1, -0.05) is 6.92 Å². The third kappa shape index (κ3) is 2.22. The van der Waals surface area contributed by atoms with Crippen LogP contribution in [0.25, 0.3) is 0 Å². The number of rotatable bonds is 4. The molecule has 2 fully saturated rings. The van der Waals surface area contributed by atoms with Gasteiger partial charge in [0.1, 0.15) is 12.1 Å². The highest BCUT2D eigenvalue weighted by molar-refractivity contribution is 7.09. The molecule has 2 aliphatic rings. The summed E-state index contributed by atoms with van der Waals surface area (Å²) in [5, 5.41) is 2.96. The van der Waals surface area contributed by atoms with Crippen molar-refractivity contribution in [3.63, 3.8) is 0 Å². The first-order valence-electron chi connectivity index (χ1n) is 7.21. The van der Waals surface area contributed by atoms with E-state index in [1.165, 1.54) is 0 Å². The maximum Gasteiger partial charge on any atom is 0.246 e. The van der Waals surface area contributed by atoms with Gasteiger partial charge in [0.25, 0.3) is 0 Å². The van der Waals surface area contributed by atoms with E-state index in [0.717, 1.165) is 30.8 Å². The highest BCUT2D eigenvalue weighted by atomic mass is 32.1. The van der Waals surface area contributed by atoms with Crippen LogP contribution in [0.3, 0.4) is 0 Å². The van der Waals surface area contributed by atoms with E-state index in [1.807, 2.05) is 12.3 Å². The van der Waals surface area contributed by atoms with Gasteiger partial charge in [0.05, 0.1) is 5.01 Å². The number of fused-ring (bicyclic) bond motifs is 1. The molecule has 0 bridgehead atoms. The van der Waals surface area contributed by atoms with Crippen LogP contribution in [-0.4, -0.2) is 51.8 Å². The molecule has 0 aliphatic carbocycles. The Bertz CT molecular complexity index is 503. The van der Waals surface area contributed by atoms with E-state index in [2.05, 4.69) is 4.98 Å². The van der Waals surface area contributed by atoms with Crippen LogP contribution < -0.4 is 0 Å². The largest absolute Gasteiger partial charge is 0.329 e. The molecule has 108 valence electrons. The summed E-state index contributed by atoms with van der Waals surface area (Å²) in [5.41, 5.74) is 0. The Labute approximate surface area is 122 Å². The summed E-state index contributed by atoms with van der Waals surface area (Å²) in [5.74, 6) is 0.263. The predicted octanol–water partition coefficient (Wildman–Crippen LogP) is 1.30. The molecule has 0 spiro atoms. The summed E-state index contributed by atoms with van der Waals surface area (Å²) in [6.07, 6.45) is 4.96. The van der Waals surface area contributed by atoms with E-state index in [1.54, 1.807) is 27.3 Å². The van der Waals surface area contributed by atoms with Crippen molar-refractivity contribution in [1.29, 1.82) is 0 Å². The number of aromatic nitrogens is 1. The summed E-state index contributed by atoms with van der Waals surface area (Å²) in [6.45, 7) is 3.32. The van der Waals surface area contributed by atoms with Crippen LogP contribution in [-0.2, 0) is 16.0 Å². The van der Waals surface area contributed by atoms with Crippen molar-refractivity contribution >= 4 is 23.2 Å². The Morgan fingerprint density at radius 1 is 1.40 bits per heavy atom. The zero-order valence-corrected chi connectivity index (χ0v) is 12.4. The van der Waals surface area contributed by atoms with Gasteiger partial charge < -0.3 is 9.80 Å². The average Bonchev–Trinajstić information content (AvgIpc) is 3.11. The van der Waals surface area contributed by atoms with E-state index in [4.69, 9.17) is 0 Å². The standard InChI is InChI=1S/C14H19N3O2S/c1-2-10-13(18)16-7-3-4-11(16)14(19)17(10)8-5-12-15-6-9-20-12/h6,9-11H,2-5,7-8H2,1H3. The smallest absolute Gasteiger partial charge is 0.246 e.